The molecule has 0 spiro atoms. The monoisotopic (exact) mass is 704 g/mol. The maximum absolute atomic E-state index is 11.1. The van der Waals surface area contributed by atoms with Crippen molar-refractivity contribution in [3.8, 4) is 74.0 Å². The van der Waals surface area contributed by atoms with Gasteiger partial charge in [-0.05, 0) is 53.6 Å². The molecule has 4 N–H and O–H groups in total. The van der Waals surface area contributed by atoms with Crippen LogP contribution in [0.2, 0.25) is 0 Å². The molecule has 0 saturated carbocycles. The number of fused-ring (bicyclic) bond motifs is 6. The van der Waals surface area contributed by atoms with Crippen LogP contribution in [0.25, 0.3) is 94.7 Å². The summed E-state index contributed by atoms with van der Waals surface area (Å²) in [5.74, 6) is 1.03. The van der Waals surface area contributed by atoms with Crippen LogP contribution in [-0.4, -0.2) is 39.9 Å². The first-order valence-electron chi connectivity index (χ1n) is 17.2. The first-order chi connectivity index (χ1) is 26.4. The third kappa shape index (κ3) is 4.98. The number of furan rings is 1. The Morgan fingerprint density at radius 2 is 0.981 bits per heavy atom. The predicted octanol–water partition coefficient (Wildman–Crippen LogP) is 10.4. The number of nitrogens with zero attached hydrogens (tertiary/aromatic N) is 4. The highest BCUT2D eigenvalue weighted by Crippen LogP contribution is 2.45. The molecule has 3 aromatic heterocycles. The number of benzene rings is 7. The summed E-state index contributed by atoms with van der Waals surface area (Å²) in [5.41, 5.74) is 7.13. The van der Waals surface area contributed by atoms with Crippen molar-refractivity contribution in [2.24, 2.45) is 0 Å². The molecular weight excluding hydrogens is 677 g/mol. The number of phenols is 4. The molecule has 9 heteroatoms. The van der Waals surface area contributed by atoms with Gasteiger partial charge in [-0.1, -0.05) is 91.0 Å². The van der Waals surface area contributed by atoms with E-state index in [1.807, 2.05) is 115 Å². The van der Waals surface area contributed by atoms with Crippen molar-refractivity contribution in [2.45, 2.75) is 0 Å². The lowest BCUT2D eigenvalue weighted by Crippen LogP contribution is -2.00. The molecule has 0 radical (unpaired) electrons. The van der Waals surface area contributed by atoms with Crippen molar-refractivity contribution in [3.63, 3.8) is 0 Å². The summed E-state index contributed by atoms with van der Waals surface area (Å²) in [4.78, 5) is 14.9. The van der Waals surface area contributed by atoms with E-state index < -0.39 is 0 Å². The molecule has 10 aromatic rings. The van der Waals surface area contributed by atoms with Crippen molar-refractivity contribution in [1.82, 2.24) is 19.5 Å². The number of hydrogen-bond acceptors (Lipinski definition) is 8. The van der Waals surface area contributed by atoms with Crippen LogP contribution in [0.5, 0.6) is 23.0 Å². The molecule has 0 aliphatic carbocycles. The summed E-state index contributed by atoms with van der Waals surface area (Å²) < 4.78 is 8.12. The van der Waals surface area contributed by atoms with Gasteiger partial charge in [-0.15, -0.1) is 0 Å². The maximum atomic E-state index is 11.1. The normalized spacial score (nSPS) is 11.6. The van der Waals surface area contributed by atoms with Crippen molar-refractivity contribution in [1.29, 1.82) is 0 Å². The van der Waals surface area contributed by atoms with Gasteiger partial charge in [0.1, 0.15) is 34.2 Å². The number of aromatic hydroxyl groups is 4. The molecule has 0 aliphatic rings. The molecule has 0 aliphatic heterocycles. The maximum Gasteiger partial charge on any atom is 0.164 e. The van der Waals surface area contributed by atoms with Gasteiger partial charge in [-0.25, -0.2) is 15.0 Å². The minimum Gasteiger partial charge on any atom is -0.508 e. The van der Waals surface area contributed by atoms with Crippen LogP contribution < -0.4 is 0 Å². The highest BCUT2D eigenvalue weighted by molar-refractivity contribution is 6.14. The lowest BCUT2D eigenvalue weighted by Gasteiger charge is -2.12. The van der Waals surface area contributed by atoms with E-state index >= 15 is 0 Å². The summed E-state index contributed by atoms with van der Waals surface area (Å²) in [6, 6.07) is 44.9. The zero-order chi connectivity index (χ0) is 36.5. The van der Waals surface area contributed by atoms with Crippen LogP contribution in [0.15, 0.2) is 150 Å². The zero-order valence-corrected chi connectivity index (χ0v) is 28.3. The Bertz CT molecular complexity index is 2980. The first kappa shape index (κ1) is 31.1. The zero-order valence-electron chi connectivity index (χ0n) is 28.3. The van der Waals surface area contributed by atoms with E-state index in [1.54, 1.807) is 4.57 Å². The smallest absolute Gasteiger partial charge is 0.164 e. The molecule has 0 fully saturated rings. The second kappa shape index (κ2) is 12.0. The quantitative estimate of drug-likeness (QED) is 0.139. The molecule has 3 heterocycles. The Morgan fingerprint density at radius 3 is 1.61 bits per heavy atom. The molecule has 0 unspecified atom stereocenters. The number of hydrogen-bond donors (Lipinski definition) is 4. The topological polar surface area (TPSA) is 138 Å². The predicted molar refractivity (Wildman–Crippen MR) is 210 cm³/mol. The van der Waals surface area contributed by atoms with Crippen LogP contribution >= 0.6 is 0 Å². The molecule has 0 bridgehead atoms. The van der Waals surface area contributed by atoms with Gasteiger partial charge in [0, 0.05) is 56.1 Å². The summed E-state index contributed by atoms with van der Waals surface area (Å²) >= 11 is 0. The first-order valence-corrected chi connectivity index (χ1v) is 17.2. The average molecular weight is 705 g/mol. The van der Waals surface area contributed by atoms with Gasteiger partial charge in [-0.2, -0.15) is 0 Å². The lowest BCUT2D eigenvalue weighted by molar-refractivity contribution is 0.454. The summed E-state index contributed by atoms with van der Waals surface area (Å²) in [5, 5.41) is 45.5. The summed E-state index contributed by atoms with van der Waals surface area (Å²) in [6.07, 6.45) is 0. The summed E-state index contributed by atoms with van der Waals surface area (Å²) in [6.45, 7) is 0. The van der Waals surface area contributed by atoms with Gasteiger partial charge in [0.25, 0.3) is 0 Å². The number of phenolic OH excluding ortho intramolecular Hbond substituents is 4. The molecule has 7 aromatic carbocycles. The van der Waals surface area contributed by atoms with Crippen molar-refractivity contribution >= 4 is 43.7 Å². The molecule has 0 amide bonds. The van der Waals surface area contributed by atoms with Crippen molar-refractivity contribution in [3.05, 3.63) is 146 Å². The minimum absolute atomic E-state index is 0.139. The molecule has 54 heavy (non-hydrogen) atoms. The third-order valence-corrected chi connectivity index (χ3v) is 9.76. The molecule has 10 rings (SSSR count). The Labute approximate surface area is 306 Å². The SMILES string of the molecule is Oc1cc(O)c2c(c1)c1cc(O)cc(O)c1n2-c1cccc(-c2ccc3oc4cccc(-c5nc(-c6ccccc6)nc(-c6ccccc6)n5)c4c3c2)c1. The minimum atomic E-state index is -0.173. The van der Waals surface area contributed by atoms with Gasteiger partial charge in [0.15, 0.2) is 17.5 Å². The molecule has 0 saturated heterocycles. The standard InChI is InChI=1S/C45H28N4O5/c50-30-21-33-34-22-31(51)24-37(53)42(34)49(41(33)36(52)23-30)29-14-7-13-27(19-29)28-17-18-38-35(20-28)40-32(15-8-16-39(40)54-38)45-47-43(25-9-3-1-4-10-25)46-44(48-45)26-11-5-2-6-12-26/h1-24,50-53H. The lowest BCUT2D eigenvalue weighted by atomic mass is 10.00. The summed E-state index contributed by atoms with van der Waals surface area (Å²) in [7, 11) is 0. The average Bonchev–Trinajstić information content (AvgIpc) is 3.74. The van der Waals surface area contributed by atoms with E-state index in [4.69, 9.17) is 19.4 Å². The van der Waals surface area contributed by atoms with Crippen LogP contribution in [0.4, 0.5) is 0 Å². The Kier molecular flexibility index (Phi) is 6.89. The van der Waals surface area contributed by atoms with Crippen molar-refractivity contribution < 1.29 is 24.8 Å². The van der Waals surface area contributed by atoms with E-state index in [2.05, 4.69) is 6.07 Å². The highest BCUT2D eigenvalue weighted by atomic mass is 16.3. The van der Waals surface area contributed by atoms with E-state index in [0.29, 0.717) is 56.1 Å². The molecular formula is C45H28N4O5. The Morgan fingerprint density at radius 1 is 0.426 bits per heavy atom. The van der Waals surface area contributed by atoms with Gasteiger partial charge >= 0.3 is 0 Å². The second-order valence-corrected chi connectivity index (χ2v) is 13.1. The van der Waals surface area contributed by atoms with E-state index in [-0.39, 0.29) is 23.0 Å². The van der Waals surface area contributed by atoms with E-state index in [1.165, 1.54) is 24.3 Å². The fraction of sp³-hybridized carbons (Fsp3) is 0. The highest BCUT2D eigenvalue weighted by Gasteiger charge is 2.22. The molecule has 258 valence electrons. The molecule has 0 atom stereocenters. The van der Waals surface area contributed by atoms with Crippen LogP contribution in [-0.2, 0) is 0 Å². The molecule has 9 nitrogen and oxygen atoms in total. The number of aromatic nitrogens is 4. The number of rotatable bonds is 5. The van der Waals surface area contributed by atoms with Crippen LogP contribution in [0, 0.1) is 0 Å². The van der Waals surface area contributed by atoms with Crippen LogP contribution in [0.3, 0.4) is 0 Å². The third-order valence-electron chi connectivity index (χ3n) is 9.76. The van der Waals surface area contributed by atoms with Crippen molar-refractivity contribution in [2.75, 3.05) is 0 Å². The van der Waals surface area contributed by atoms with E-state index in [9.17, 15) is 20.4 Å². The van der Waals surface area contributed by atoms with Gasteiger partial charge in [0.2, 0.25) is 0 Å². The van der Waals surface area contributed by atoms with Crippen LogP contribution in [0.1, 0.15) is 0 Å². The fourth-order valence-corrected chi connectivity index (χ4v) is 7.41. The van der Waals surface area contributed by atoms with Gasteiger partial charge < -0.3 is 29.4 Å². The van der Waals surface area contributed by atoms with E-state index in [0.717, 1.165) is 38.6 Å². The largest absolute Gasteiger partial charge is 0.508 e. The van der Waals surface area contributed by atoms with Gasteiger partial charge in [0.05, 0.1) is 11.0 Å². The second-order valence-electron chi connectivity index (χ2n) is 13.1. The Hall–Kier alpha value is -7.65. The fourth-order valence-electron chi connectivity index (χ4n) is 7.41. The van der Waals surface area contributed by atoms with Gasteiger partial charge in [-0.3, -0.25) is 0 Å². The Balaban J connectivity index is 1.16.